The Morgan fingerprint density at radius 3 is 0.710 bits per heavy atom. The number of aliphatic hydroxyl groups is 1. The second-order valence-corrected chi connectivity index (χ2v) is 35.7. The van der Waals surface area contributed by atoms with Crippen molar-refractivity contribution in [2.45, 2.75) is 484 Å². The number of phosphoric ester groups is 2. The summed E-state index contributed by atoms with van der Waals surface area (Å²) in [6.07, 6.45) is 69.6. The molecule has 0 amide bonds. The zero-order valence-corrected chi connectivity index (χ0v) is 72.4. The Morgan fingerprint density at radius 1 is 0.271 bits per heavy atom. The number of rotatable bonds is 86. The standard InChI is InChI=1S/C88H172O17P2/c1-8-10-11-12-13-14-15-16-17-18-19-20-21-25-28-31-34-41-48-55-62-69-85(90)98-75-83(104-87(92)71-64-57-50-42-35-32-29-26-23-22-24-27-30-33-40-47-54-61-68-81(7)9-2)77-102-106(94,95)100-73-82(89)74-101-107(96,97)103-78-84(105-88(93)72-65-58-51-44-37-39-46-53-60-67-80(5)6)76-99-86(91)70-63-56-49-43-36-38-45-52-59-66-79(3)4/h79-84,89H,8-78H2,1-7H3,(H,94,95)(H,96,97)/t81?,82-,83-,84-/m1/s1. The van der Waals surface area contributed by atoms with Crippen molar-refractivity contribution in [3.8, 4) is 0 Å². The molecule has 0 aliphatic carbocycles. The Bertz CT molecular complexity index is 2060. The lowest BCUT2D eigenvalue weighted by Crippen LogP contribution is -2.30. The number of phosphoric acid groups is 2. The largest absolute Gasteiger partial charge is 0.472 e. The molecule has 0 saturated carbocycles. The quantitative estimate of drug-likeness (QED) is 0.0222. The van der Waals surface area contributed by atoms with Crippen LogP contribution in [0.15, 0.2) is 0 Å². The van der Waals surface area contributed by atoms with Gasteiger partial charge in [0, 0.05) is 25.7 Å². The molecule has 6 atom stereocenters. The van der Waals surface area contributed by atoms with E-state index in [9.17, 15) is 43.2 Å². The fourth-order valence-corrected chi connectivity index (χ4v) is 15.3. The number of aliphatic hydroxyl groups excluding tert-OH is 1. The minimum Gasteiger partial charge on any atom is -0.462 e. The molecule has 0 heterocycles. The molecule has 19 heteroatoms. The van der Waals surface area contributed by atoms with E-state index in [0.717, 1.165) is 108 Å². The van der Waals surface area contributed by atoms with Crippen LogP contribution in [0.2, 0.25) is 0 Å². The van der Waals surface area contributed by atoms with Crippen molar-refractivity contribution in [2.24, 2.45) is 17.8 Å². The van der Waals surface area contributed by atoms with Crippen LogP contribution in [0, 0.1) is 17.8 Å². The number of carbonyl (C=O) groups excluding carboxylic acids is 4. The lowest BCUT2D eigenvalue weighted by atomic mass is 9.99. The van der Waals surface area contributed by atoms with E-state index >= 15 is 0 Å². The van der Waals surface area contributed by atoms with Crippen molar-refractivity contribution in [3.63, 3.8) is 0 Å². The Hall–Kier alpha value is -1.94. The van der Waals surface area contributed by atoms with E-state index < -0.39 is 97.5 Å². The Balaban J connectivity index is 5.22. The maximum atomic E-state index is 13.2. The second-order valence-electron chi connectivity index (χ2n) is 32.8. The highest BCUT2D eigenvalue weighted by molar-refractivity contribution is 7.47. The first kappa shape index (κ1) is 105. The van der Waals surface area contributed by atoms with Crippen LogP contribution in [-0.4, -0.2) is 96.7 Å². The first-order chi connectivity index (χ1) is 51.8. The highest BCUT2D eigenvalue weighted by Crippen LogP contribution is 2.45. The van der Waals surface area contributed by atoms with Gasteiger partial charge in [0.1, 0.15) is 19.3 Å². The molecular formula is C88H172O17P2. The van der Waals surface area contributed by atoms with Gasteiger partial charge >= 0.3 is 39.5 Å². The predicted molar refractivity (Wildman–Crippen MR) is 441 cm³/mol. The third kappa shape index (κ3) is 80.5. The fourth-order valence-electron chi connectivity index (χ4n) is 13.7. The van der Waals surface area contributed by atoms with Gasteiger partial charge in [0.25, 0.3) is 0 Å². The molecular weight excluding hydrogens is 1390 g/mol. The van der Waals surface area contributed by atoms with Gasteiger partial charge in [-0.2, -0.15) is 0 Å². The molecule has 0 aromatic carbocycles. The van der Waals surface area contributed by atoms with Crippen LogP contribution in [0.1, 0.15) is 466 Å². The molecule has 0 radical (unpaired) electrons. The molecule has 0 bridgehead atoms. The van der Waals surface area contributed by atoms with Gasteiger partial charge in [0.05, 0.1) is 26.4 Å². The van der Waals surface area contributed by atoms with Crippen LogP contribution in [0.25, 0.3) is 0 Å². The molecule has 0 aliphatic heterocycles. The van der Waals surface area contributed by atoms with Crippen LogP contribution in [0.5, 0.6) is 0 Å². The van der Waals surface area contributed by atoms with E-state index in [1.165, 1.54) is 276 Å². The van der Waals surface area contributed by atoms with E-state index in [-0.39, 0.29) is 25.7 Å². The summed E-state index contributed by atoms with van der Waals surface area (Å²) in [5.41, 5.74) is 0. The van der Waals surface area contributed by atoms with E-state index in [2.05, 4.69) is 48.5 Å². The highest BCUT2D eigenvalue weighted by Gasteiger charge is 2.31. The SMILES string of the molecule is CCCCCCCCCCCCCCCCCCCCCCCC(=O)OC[C@H](COP(=O)(O)OC[C@@H](O)COP(=O)(O)OC[C@@H](COC(=O)CCCCCCCCCCCC(C)C)OC(=O)CCCCCCCCCCCC(C)C)OC(=O)CCCCCCCCCCCCCCCCCCCCC(C)CC. The van der Waals surface area contributed by atoms with Crippen molar-refractivity contribution in [3.05, 3.63) is 0 Å². The summed E-state index contributed by atoms with van der Waals surface area (Å²) in [7, 11) is -9.93. The maximum absolute atomic E-state index is 13.2. The zero-order valence-electron chi connectivity index (χ0n) is 70.6. The van der Waals surface area contributed by atoms with Gasteiger partial charge in [-0.25, -0.2) is 9.13 Å². The number of esters is 4. The molecule has 107 heavy (non-hydrogen) atoms. The van der Waals surface area contributed by atoms with Crippen molar-refractivity contribution < 1.29 is 80.2 Å². The van der Waals surface area contributed by atoms with Gasteiger partial charge in [-0.3, -0.25) is 37.3 Å². The average molecular weight is 1560 g/mol. The molecule has 0 saturated heterocycles. The number of unbranched alkanes of at least 4 members (excludes halogenated alkanes) is 53. The molecule has 0 fully saturated rings. The maximum Gasteiger partial charge on any atom is 0.472 e. The molecule has 0 spiro atoms. The lowest BCUT2D eigenvalue weighted by Gasteiger charge is -2.21. The second kappa shape index (κ2) is 78.0. The molecule has 3 N–H and O–H groups in total. The minimum absolute atomic E-state index is 0.105. The lowest BCUT2D eigenvalue weighted by molar-refractivity contribution is -0.161. The van der Waals surface area contributed by atoms with Crippen molar-refractivity contribution in [1.82, 2.24) is 0 Å². The summed E-state index contributed by atoms with van der Waals surface area (Å²) in [4.78, 5) is 73.3. The summed E-state index contributed by atoms with van der Waals surface area (Å²) in [6.45, 7) is 12.0. The summed E-state index contributed by atoms with van der Waals surface area (Å²) in [6, 6.07) is 0. The minimum atomic E-state index is -4.97. The number of hydrogen-bond donors (Lipinski definition) is 3. The number of hydrogen-bond acceptors (Lipinski definition) is 15. The molecule has 0 aromatic rings. The fraction of sp³-hybridized carbons (Fsp3) is 0.955. The third-order valence-corrected chi connectivity index (χ3v) is 22.9. The van der Waals surface area contributed by atoms with Gasteiger partial charge in [-0.05, 0) is 43.4 Å². The van der Waals surface area contributed by atoms with Crippen LogP contribution < -0.4 is 0 Å². The molecule has 3 unspecified atom stereocenters. The normalized spacial score (nSPS) is 14.1. The molecule has 636 valence electrons. The van der Waals surface area contributed by atoms with Crippen LogP contribution in [0.4, 0.5) is 0 Å². The van der Waals surface area contributed by atoms with E-state index in [0.29, 0.717) is 25.7 Å². The Morgan fingerprint density at radius 2 is 0.477 bits per heavy atom. The third-order valence-electron chi connectivity index (χ3n) is 21.0. The van der Waals surface area contributed by atoms with Gasteiger partial charge in [0.15, 0.2) is 12.2 Å². The first-order valence-electron chi connectivity index (χ1n) is 45.4. The topological polar surface area (TPSA) is 237 Å². The van der Waals surface area contributed by atoms with Gasteiger partial charge < -0.3 is 33.8 Å². The highest BCUT2D eigenvalue weighted by atomic mass is 31.2. The van der Waals surface area contributed by atoms with Crippen molar-refractivity contribution >= 4 is 39.5 Å². The summed E-state index contributed by atoms with van der Waals surface area (Å²) < 4.78 is 68.9. The van der Waals surface area contributed by atoms with Crippen LogP contribution >= 0.6 is 15.6 Å². The van der Waals surface area contributed by atoms with Crippen LogP contribution in [0.3, 0.4) is 0 Å². The number of ether oxygens (including phenoxy) is 4. The smallest absolute Gasteiger partial charge is 0.462 e. The van der Waals surface area contributed by atoms with E-state index in [4.69, 9.17) is 37.0 Å². The van der Waals surface area contributed by atoms with Crippen molar-refractivity contribution in [2.75, 3.05) is 39.6 Å². The van der Waals surface area contributed by atoms with Crippen LogP contribution in [-0.2, 0) is 65.4 Å². The Kier molecular flexibility index (Phi) is 76.6. The van der Waals surface area contributed by atoms with Gasteiger partial charge in [0.2, 0.25) is 0 Å². The zero-order chi connectivity index (χ0) is 78.6. The molecule has 17 nitrogen and oxygen atoms in total. The molecule has 0 aromatic heterocycles. The summed E-state index contributed by atoms with van der Waals surface area (Å²) >= 11 is 0. The molecule has 0 rings (SSSR count). The Labute approximate surface area is 658 Å². The van der Waals surface area contributed by atoms with Gasteiger partial charge in [-0.1, -0.05) is 414 Å². The van der Waals surface area contributed by atoms with E-state index in [1.807, 2.05) is 0 Å². The monoisotopic (exact) mass is 1560 g/mol. The molecule has 0 aliphatic rings. The first-order valence-corrected chi connectivity index (χ1v) is 48.4. The summed E-state index contributed by atoms with van der Waals surface area (Å²) in [5, 5.41) is 10.7. The number of carbonyl (C=O) groups is 4. The van der Waals surface area contributed by atoms with E-state index in [1.54, 1.807) is 0 Å². The van der Waals surface area contributed by atoms with Crippen molar-refractivity contribution in [1.29, 1.82) is 0 Å². The average Bonchev–Trinajstić information content (AvgIpc) is 0.900. The summed E-state index contributed by atoms with van der Waals surface area (Å²) in [5.74, 6) is 0.246. The van der Waals surface area contributed by atoms with Gasteiger partial charge in [-0.15, -0.1) is 0 Å². The predicted octanol–water partition coefficient (Wildman–Crippen LogP) is 26.9.